The van der Waals surface area contributed by atoms with E-state index in [2.05, 4.69) is 64.1 Å². The molecule has 1 aromatic carbocycles. The minimum Gasteiger partial charge on any atom is -0.120 e. The third kappa shape index (κ3) is 5.08. The maximum absolute atomic E-state index is 2.29. The van der Waals surface area contributed by atoms with Crippen LogP contribution in [0.4, 0.5) is 0 Å². The normalized spacial score (nSPS) is 12.3. The topological polar surface area (TPSA) is 0 Å². The fraction of sp³-hybridized carbons (Fsp3) is 0.429. The molecule has 1 aromatic rings. The molecule has 1 rings (SSSR count). The van der Waals surface area contributed by atoms with Crippen molar-refractivity contribution in [3.63, 3.8) is 0 Å². The van der Waals surface area contributed by atoms with Crippen molar-refractivity contribution < 1.29 is 0 Å². The molecule has 0 fully saturated rings. The van der Waals surface area contributed by atoms with Crippen LogP contribution in [0.1, 0.15) is 33.3 Å². The highest BCUT2D eigenvalue weighted by Gasteiger charge is 2.11. The van der Waals surface area contributed by atoms with Gasteiger partial charge >= 0.3 is 0 Å². The Labute approximate surface area is 97.8 Å². The summed E-state index contributed by atoms with van der Waals surface area (Å²) in [6.45, 7) is 8.80. The van der Waals surface area contributed by atoms with Crippen molar-refractivity contribution in [1.29, 1.82) is 0 Å². The summed E-state index contributed by atoms with van der Waals surface area (Å²) in [5.74, 6) is 0. The van der Waals surface area contributed by atoms with Gasteiger partial charge in [-0.25, -0.2) is 0 Å². The Kier molecular flexibility index (Phi) is 4.46. The van der Waals surface area contributed by atoms with E-state index in [1.165, 1.54) is 10.5 Å². The van der Waals surface area contributed by atoms with Gasteiger partial charge in [0, 0.05) is 9.64 Å². The molecule has 0 aliphatic carbocycles. The van der Waals surface area contributed by atoms with E-state index in [-0.39, 0.29) is 0 Å². The van der Waals surface area contributed by atoms with Gasteiger partial charge in [-0.15, -0.1) is 11.8 Å². The molecule has 0 nitrogen and oxygen atoms in total. The van der Waals surface area contributed by atoms with Gasteiger partial charge in [0.15, 0.2) is 0 Å². The van der Waals surface area contributed by atoms with E-state index in [4.69, 9.17) is 0 Å². The average Bonchev–Trinajstić information content (AvgIpc) is 2.12. The summed E-state index contributed by atoms with van der Waals surface area (Å²) in [6, 6.07) is 8.81. The Morgan fingerprint density at radius 2 is 2.00 bits per heavy atom. The molecule has 0 saturated carbocycles. The summed E-state index contributed by atoms with van der Waals surface area (Å²) >= 11 is 1.92. The Hall–Kier alpha value is -0.690. The summed E-state index contributed by atoms with van der Waals surface area (Å²) in [7, 11) is 0. The van der Waals surface area contributed by atoms with Crippen LogP contribution in [0.15, 0.2) is 41.3 Å². The van der Waals surface area contributed by atoms with Crippen molar-refractivity contribution in [3.05, 3.63) is 42.0 Å². The van der Waals surface area contributed by atoms with E-state index < -0.39 is 0 Å². The van der Waals surface area contributed by atoms with Crippen LogP contribution in [-0.2, 0) is 6.42 Å². The third-order valence-electron chi connectivity index (χ3n) is 1.91. The van der Waals surface area contributed by atoms with Gasteiger partial charge in [-0.1, -0.05) is 45.1 Å². The predicted octanol–water partition coefficient (Wildman–Crippen LogP) is 4.70. The molecule has 0 aliphatic heterocycles. The van der Waals surface area contributed by atoms with E-state index in [1.807, 2.05) is 11.8 Å². The summed E-state index contributed by atoms with van der Waals surface area (Å²) in [6.07, 6.45) is 5.33. The summed E-state index contributed by atoms with van der Waals surface area (Å²) < 4.78 is 0.291. The van der Waals surface area contributed by atoms with Crippen LogP contribution >= 0.6 is 11.8 Å². The average molecular weight is 220 g/mol. The van der Waals surface area contributed by atoms with Crippen LogP contribution in [0.3, 0.4) is 0 Å². The molecular weight excluding hydrogens is 200 g/mol. The molecule has 0 N–H and O–H groups in total. The quantitative estimate of drug-likeness (QED) is 0.526. The van der Waals surface area contributed by atoms with Gasteiger partial charge in [-0.05, 0) is 31.0 Å². The number of benzene rings is 1. The summed E-state index contributed by atoms with van der Waals surface area (Å²) in [5, 5.41) is 0. The fourth-order valence-electron chi connectivity index (χ4n) is 1.34. The van der Waals surface area contributed by atoms with Gasteiger partial charge in [0.25, 0.3) is 0 Å². The Morgan fingerprint density at radius 1 is 1.27 bits per heavy atom. The van der Waals surface area contributed by atoms with Crippen LogP contribution in [0.2, 0.25) is 0 Å². The number of rotatable bonds is 3. The molecular formula is C14H20S. The van der Waals surface area contributed by atoms with Crippen molar-refractivity contribution in [3.8, 4) is 0 Å². The minimum atomic E-state index is 0.291. The molecule has 0 heterocycles. The van der Waals surface area contributed by atoms with Gasteiger partial charge in [0.2, 0.25) is 0 Å². The van der Waals surface area contributed by atoms with Gasteiger partial charge in [-0.3, -0.25) is 0 Å². The molecule has 0 aromatic heterocycles. The van der Waals surface area contributed by atoms with E-state index >= 15 is 0 Å². The van der Waals surface area contributed by atoms with E-state index in [0.717, 1.165) is 6.42 Å². The maximum atomic E-state index is 2.29. The van der Waals surface area contributed by atoms with Crippen molar-refractivity contribution in [2.24, 2.45) is 0 Å². The van der Waals surface area contributed by atoms with Crippen LogP contribution in [0.5, 0.6) is 0 Å². The molecule has 0 bridgehead atoms. The molecule has 0 spiro atoms. The number of hydrogen-bond acceptors (Lipinski definition) is 1. The lowest BCUT2D eigenvalue weighted by Gasteiger charge is -2.17. The van der Waals surface area contributed by atoms with Gasteiger partial charge < -0.3 is 0 Å². The molecule has 0 atom stereocenters. The van der Waals surface area contributed by atoms with Gasteiger partial charge in [-0.2, -0.15) is 0 Å². The lowest BCUT2D eigenvalue weighted by atomic mass is 10.1. The molecule has 15 heavy (non-hydrogen) atoms. The Balaban J connectivity index is 2.74. The highest BCUT2D eigenvalue weighted by atomic mass is 32.2. The van der Waals surface area contributed by atoms with Crippen molar-refractivity contribution in [1.82, 2.24) is 0 Å². The maximum Gasteiger partial charge on any atom is 0.0122 e. The van der Waals surface area contributed by atoms with Crippen molar-refractivity contribution >= 4 is 11.8 Å². The third-order valence-corrected chi connectivity index (χ3v) is 3.01. The van der Waals surface area contributed by atoms with Gasteiger partial charge in [0.1, 0.15) is 0 Å². The standard InChI is InChI=1S/C14H20S/c1-5-6-8-12-9-7-10-13(11-12)15-14(2,3)4/h5-7,9-11H,8H2,1-4H3. The summed E-state index contributed by atoms with van der Waals surface area (Å²) in [4.78, 5) is 1.37. The van der Waals surface area contributed by atoms with E-state index in [1.54, 1.807) is 0 Å². The number of allylic oxidation sites excluding steroid dienone is 2. The largest absolute Gasteiger partial charge is 0.120 e. The fourth-order valence-corrected chi connectivity index (χ4v) is 2.41. The second kappa shape index (κ2) is 5.41. The van der Waals surface area contributed by atoms with Crippen LogP contribution in [0, 0.1) is 0 Å². The lowest BCUT2D eigenvalue weighted by Crippen LogP contribution is -2.06. The highest BCUT2D eigenvalue weighted by molar-refractivity contribution is 8.00. The van der Waals surface area contributed by atoms with Crippen molar-refractivity contribution in [2.45, 2.75) is 43.8 Å². The molecule has 0 amide bonds. The Bertz CT molecular complexity index is 331. The molecule has 1 heteroatoms. The molecule has 0 unspecified atom stereocenters. The van der Waals surface area contributed by atoms with E-state index in [9.17, 15) is 0 Å². The van der Waals surface area contributed by atoms with Crippen LogP contribution in [0.25, 0.3) is 0 Å². The van der Waals surface area contributed by atoms with Crippen LogP contribution < -0.4 is 0 Å². The number of thioether (sulfide) groups is 1. The first-order valence-electron chi connectivity index (χ1n) is 5.40. The molecule has 0 saturated heterocycles. The van der Waals surface area contributed by atoms with Crippen molar-refractivity contribution in [2.75, 3.05) is 0 Å². The SMILES string of the molecule is CC=CCc1cccc(SC(C)(C)C)c1. The zero-order valence-electron chi connectivity index (χ0n) is 10.1. The molecule has 0 aliphatic rings. The van der Waals surface area contributed by atoms with E-state index in [0.29, 0.717) is 4.75 Å². The smallest absolute Gasteiger partial charge is 0.0122 e. The first-order chi connectivity index (χ1) is 7.01. The monoisotopic (exact) mass is 220 g/mol. The lowest BCUT2D eigenvalue weighted by molar-refractivity contribution is 0.802. The zero-order valence-corrected chi connectivity index (χ0v) is 10.9. The summed E-state index contributed by atoms with van der Waals surface area (Å²) in [5.41, 5.74) is 1.39. The first kappa shape index (κ1) is 12.4. The van der Waals surface area contributed by atoms with Crippen LogP contribution in [-0.4, -0.2) is 4.75 Å². The second-order valence-corrected chi connectivity index (χ2v) is 6.54. The molecule has 82 valence electrons. The first-order valence-corrected chi connectivity index (χ1v) is 6.22. The molecule has 0 radical (unpaired) electrons. The zero-order chi connectivity index (χ0) is 11.3. The second-order valence-electron chi connectivity index (χ2n) is 4.63. The van der Waals surface area contributed by atoms with Gasteiger partial charge in [0.05, 0.1) is 0 Å². The number of hydrogen-bond donors (Lipinski definition) is 0. The Morgan fingerprint density at radius 3 is 2.60 bits per heavy atom. The minimum absolute atomic E-state index is 0.291. The predicted molar refractivity (Wildman–Crippen MR) is 70.6 cm³/mol. The highest BCUT2D eigenvalue weighted by Crippen LogP contribution is 2.32.